The summed E-state index contributed by atoms with van der Waals surface area (Å²) in [5.41, 5.74) is 10.9. The molecule has 0 saturated carbocycles. The number of carbonyl (C=O) groups is 1. The maximum Gasteiger partial charge on any atom is 0.161 e. The number of aryl methyl sites for hydroxylation is 1. The van der Waals surface area contributed by atoms with E-state index in [9.17, 15) is 4.79 Å². The fourth-order valence-electron chi connectivity index (χ4n) is 3.08. The van der Waals surface area contributed by atoms with E-state index in [0.29, 0.717) is 17.3 Å². The summed E-state index contributed by atoms with van der Waals surface area (Å²) in [4.78, 5) is 11.4. The van der Waals surface area contributed by atoms with Gasteiger partial charge in [-0.3, -0.25) is 4.79 Å². The van der Waals surface area contributed by atoms with Crippen LogP contribution in [-0.4, -0.2) is 5.78 Å². The van der Waals surface area contributed by atoms with Crippen LogP contribution in [0.4, 0.5) is 11.4 Å². The minimum absolute atomic E-state index is 0.00191. The molecule has 1 atom stereocenters. The lowest BCUT2D eigenvalue weighted by Gasteiger charge is -2.27. The molecule has 3 nitrogen and oxygen atoms in total. The number of hydrogen-bond acceptors (Lipinski definition) is 3. The molecule has 1 unspecified atom stereocenters. The van der Waals surface area contributed by atoms with Gasteiger partial charge in [-0.05, 0) is 55.5 Å². The summed E-state index contributed by atoms with van der Waals surface area (Å²) in [6.07, 6.45) is 3.46. The summed E-state index contributed by atoms with van der Waals surface area (Å²) >= 11 is 0. The number of ketones is 1. The van der Waals surface area contributed by atoms with Gasteiger partial charge in [-0.2, -0.15) is 0 Å². The van der Waals surface area contributed by atoms with Gasteiger partial charge in [0.25, 0.3) is 0 Å². The molecule has 0 spiro atoms. The number of hydrogen-bond donors (Lipinski definition) is 2. The highest BCUT2D eigenvalue weighted by Gasteiger charge is 2.19. The third-order valence-corrected chi connectivity index (χ3v) is 4.14. The van der Waals surface area contributed by atoms with E-state index in [1.165, 1.54) is 24.5 Å². The van der Waals surface area contributed by atoms with Crippen LogP contribution in [0.25, 0.3) is 0 Å². The molecule has 0 heterocycles. The average Bonchev–Trinajstić information content (AvgIpc) is 2.47. The van der Waals surface area contributed by atoms with Crippen molar-refractivity contribution < 1.29 is 4.79 Å². The van der Waals surface area contributed by atoms with E-state index < -0.39 is 0 Å². The lowest BCUT2D eigenvalue weighted by atomic mass is 9.87. The molecule has 0 aliphatic heterocycles. The molecular formula is C18H20N2O. The minimum Gasteiger partial charge on any atom is -0.398 e. The van der Waals surface area contributed by atoms with Crippen molar-refractivity contribution in [3.8, 4) is 0 Å². The second kappa shape index (κ2) is 5.60. The number of anilines is 2. The Labute approximate surface area is 125 Å². The summed E-state index contributed by atoms with van der Waals surface area (Å²) in [7, 11) is 0. The lowest BCUT2D eigenvalue weighted by Crippen LogP contribution is -2.17. The molecule has 2 aromatic carbocycles. The summed E-state index contributed by atoms with van der Waals surface area (Å²) in [5.74, 6) is 0.00191. The third kappa shape index (κ3) is 2.77. The highest BCUT2D eigenvalue weighted by molar-refractivity contribution is 5.99. The SMILES string of the molecule is CC(=O)c1ccc(NC2CCCc3ccccc32)cc1N. The number of nitrogens with one attached hydrogen (secondary N) is 1. The number of rotatable bonds is 3. The van der Waals surface area contributed by atoms with Gasteiger partial charge in [-0.1, -0.05) is 24.3 Å². The van der Waals surface area contributed by atoms with E-state index in [1.807, 2.05) is 12.1 Å². The predicted molar refractivity (Wildman–Crippen MR) is 86.6 cm³/mol. The van der Waals surface area contributed by atoms with Crippen molar-refractivity contribution in [3.63, 3.8) is 0 Å². The first-order valence-electron chi connectivity index (χ1n) is 7.40. The average molecular weight is 280 g/mol. The van der Waals surface area contributed by atoms with Crippen molar-refractivity contribution in [3.05, 3.63) is 59.2 Å². The highest BCUT2D eigenvalue weighted by atomic mass is 16.1. The van der Waals surface area contributed by atoms with Crippen molar-refractivity contribution in [1.29, 1.82) is 0 Å². The Kier molecular flexibility index (Phi) is 3.65. The van der Waals surface area contributed by atoms with Gasteiger partial charge in [0.2, 0.25) is 0 Å². The smallest absolute Gasteiger partial charge is 0.161 e. The van der Waals surface area contributed by atoms with Gasteiger partial charge in [-0.15, -0.1) is 0 Å². The normalized spacial score (nSPS) is 17.1. The number of nitrogens with two attached hydrogens (primary N) is 1. The minimum atomic E-state index is 0.00191. The second-order valence-corrected chi connectivity index (χ2v) is 5.65. The number of carbonyl (C=O) groups excluding carboxylic acids is 1. The molecule has 1 aliphatic carbocycles. The molecular weight excluding hydrogens is 260 g/mol. The molecule has 0 aromatic heterocycles. The van der Waals surface area contributed by atoms with E-state index in [0.717, 1.165) is 18.5 Å². The Morgan fingerprint density at radius 1 is 1.24 bits per heavy atom. The fraction of sp³-hybridized carbons (Fsp3) is 0.278. The van der Waals surface area contributed by atoms with Crippen LogP contribution in [0.2, 0.25) is 0 Å². The van der Waals surface area contributed by atoms with Gasteiger partial charge in [0.1, 0.15) is 0 Å². The summed E-state index contributed by atoms with van der Waals surface area (Å²) in [6, 6.07) is 14.5. The first-order valence-corrected chi connectivity index (χ1v) is 7.40. The molecule has 0 radical (unpaired) electrons. The molecule has 0 saturated heterocycles. The van der Waals surface area contributed by atoms with Gasteiger partial charge in [0.05, 0.1) is 6.04 Å². The maximum atomic E-state index is 11.4. The van der Waals surface area contributed by atoms with Crippen LogP contribution in [-0.2, 0) is 6.42 Å². The van der Waals surface area contributed by atoms with Gasteiger partial charge in [-0.25, -0.2) is 0 Å². The van der Waals surface area contributed by atoms with Crippen LogP contribution >= 0.6 is 0 Å². The summed E-state index contributed by atoms with van der Waals surface area (Å²) in [6.45, 7) is 1.54. The van der Waals surface area contributed by atoms with E-state index in [-0.39, 0.29) is 5.78 Å². The van der Waals surface area contributed by atoms with Crippen LogP contribution < -0.4 is 11.1 Å². The zero-order valence-electron chi connectivity index (χ0n) is 12.2. The molecule has 21 heavy (non-hydrogen) atoms. The van der Waals surface area contributed by atoms with E-state index in [4.69, 9.17) is 5.73 Å². The molecule has 1 aliphatic rings. The summed E-state index contributed by atoms with van der Waals surface area (Å²) < 4.78 is 0. The molecule has 0 fully saturated rings. The Morgan fingerprint density at radius 2 is 2.05 bits per heavy atom. The number of fused-ring (bicyclic) bond motifs is 1. The van der Waals surface area contributed by atoms with Crippen molar-refractivity contribution >= 4 is 17.2 Å². The van der Waals surface area contributed by atoms with Crippen LogP contribution in [0, 0.1) is 0 Å². The molecule has 3 rings (SSSR count). The topological polar surface area (TPSA) is 55.1 Å². The van der Waals surface area contributed by atoms with Gasteiger partial charge in [0, 0.05) is 16.9 Å². The largest absolute Gasteiger partial charge is 0.398 e. The molecule has 3 N–H and O–H groups in total. The van der Waals surface area contributed by atoms with Crippen LogP contribution in [0.15, 0.2) is 42.5 Å². The van der Waals surface area contributed by atoms with E-state index in [1.54, 1.807) is 6.07 Å². The third-order valence-electron chi connectivity index (χ3n) is 4.14. The number of benzene rings is 2. The Bertz CT molecular complexity index is 679. The van der Waals surface area contributed by atoms with Crippen LogP contribution in [0.5, 0.6) is 0 Å². The molecule has 2 aromatic rings. The predicted octanol–water partition coefficient (Wildman–Crippen LogP) is 3.96. The molecule has 108 valence electrons. The lowest BCUT2D eigenvalue weighted by molar-refractivity contribution is 0.101. The first kappa shape index (κ1) is 13.7. The van der Waals surface area contributed by atoms with Crippen molar-refractivity contribution in [1.82, 2.24) is 0 Å². The van der Waals surface area contributed by atoms with Crippen molar-refractivity contribution in [2.24, 2.45) is 0 Å². The monoisotopic (exact) mass is 280 g/mol. The Morgan fingerprint density at radius 3 is 2.81 bits per heavy atom. The maximum absolute atomic E-state index is 11.4. The van der Waals surface area contributed by atoms with Gasteiger partial charge in [0.15, 0.2) is 5.78 Å². The first-order chi connectivity index (χ1) is 10.1. The van der Waals surface area contributed by atoms with Crippen LogP contribution in [0.1, 0.15) is 47.3 Å². The van der Waals surface area contributed by atoms with Gasteiger partial charge >= 0.3 is 0 Å². The van der Waals surface area contributed by atoms with Gasteiger partial charge < -0.3 is 11.1 Å². The van der Waals surface area contributed by atoms with E-state index in [2.05, 4.69) is 29.6 Å². The van der Waals surface area contributed by atoms with Crippen LogP contribution in [0.3, 0.4) is 0 Å². The second-order valence-electron chi connectivity index (χ2n) is 5.65. The molecule has 0 bridgehead atoms. The van der Waals surface area contributed by atoms with E-state index >= 15 is 0 Å². The summed E-state index contributed by atoms with van der Waals surface area (Å²) in [5, 5.41) is 3.55. The highest BCUT2D eigenvalue weighted by Crippen LogP contribution is 2.33. The standard InChI is InChI=1S/C18H20N2O/c1-12(21)15-10-9-14(11-17(15)19)20-18-8-4-6-13-5-2-3-7-16(13)18/h2-3,5,7,9-11,18,20H,4,6,8,19H2,1H3. The quantitative estimate of drug-likeness (QED) is 0.661. The number of Topliss-reactive ketones (excluding diaryl/α,β-unsaturated/α-hetero) is 1. The Hall–Kier alpha value is -2.29. The zero-order valence-corrected chi connectivity index (χ0v) is 12.2. The fourth-order valence-corrected chi connectivity index (χ4v) is 3.08. The number of nitrogen functional groups attached to an aromatic ring is 1. The Balaban J connectivity index is 1.85. The molecule has 3 heteroatoms. The van der Waals surface area contributed by atoms with Crippen molar-refractivity contribution in [2.45, 2.75) is 32.2 Å². The zero-order chi connectivity index (χ0) is 14.8. The molecule has 0 amide bonds. The van der Waals surface area contributed by atoms with Crippen molar-refractivity contribution in [2.75, 3.05) is 11.1 Å².